The van der Waals surface area contributed by atoms with Gasteiger partial charge in [-0.1, -0.05) is 11.6 Å². The van der Waals surface area contributed by atoms with Crippen LogP contribution in [0.1, 0.15) is 0 Å². The first-order valence-corrected chi connectivity index (χ1v) is 9.69. The van der Waals surface area contributed by atoms with Crippen molar-refractivity contribution in [2.75, 3.05) is 13.6 Å². The maximum Gasteiger partial charge on any atom is 0.322 e. The fraction of sp³-hybridized carbons (Fsp3) is 0.176. The van der Waals surface area contributed by atoms with Gasteiger partial charge in [-0.15, -0.1) is 0 Å². The molecule has 10 heteroatoms. The van der Waals surface area contributed by atoms with Gasteiger partial charge >= 0.3 is 6.03 Å². The molecule has 2 aromatic rings. The van der Waals surface area contributed by atoms with E-state index in [2.05, 4.69) is 10.6 Å². The zero-order valence-electron chi connectivity index (χ0n) is 14.2. The van der Waals surface area contributed by atoms with E-state index in [1.807, 2.05) is 0 Å². The lowest BCUT2D eigenvalue weighted by atomic mass is 10.3. The molecular formula is C17H16ClN3O5S. The Balaban J connectivity index is 1.70. The normalized spacial score (nSPS) is 16.9. The smallest absolute Gasteiger partial charge is 0.322 e. The molecule has 1 heterocycles. The summed E-state index contributed by atoms with van der Waals surface area (Å²) < 4.78 is 31.9. The molecule has 0 aliphatic carbocycles. The fourth-order valence-electron chi connectivity index (χ4n) is 2.44. The van der Waals surface area contributed by atoms with E-state index in [0.29, 0.717) is 16.5 Å². The number of urea groups is 1. The number of nitrogens with zero attached hydrogens (tertiary/aromatic N) is 1. The summed E-state index contributed by atoms with van der Waals surface area (Å²) in [6.45, 7) is -0.178. The number of carbonyl (C=O) groups excluding carboxylic acids is 2. The molecule has 3 rings (SSSR count). The first-order valence-electron chi connectivity index (χ1n) is 7.87. The van der Waals surface area contributed by atoms with Gasteiger partial charge in [-0.3, -0.25) is 10.1 Å². The second-order valence-corrected chi connectivity index (χ2v) is 8.31. The molecule has 1 saturated heterocycles. The summed E-state index contributed by atoms with van der Waals surface area (Å²) in [6, 6.07) is 11.1. The molecule has 0 radical (unpaired) electrons. The molecule has 1 aliphatic heterocycles. The molecule has 1 unspecified atom stereocenters. The minimum absolute atomic E-state index is 0.0400. The molecule has 1 atom stereocenters. The van der Waals surface area contributed by atoms with Gasteiger partial charge in [0, 0.05) is 18.6 Å². The van der Waals surface area contributed by atoms with Gasteiger partial charge in [-0.2, -0.15) is 4.31 Å². The van der Waals surface area contributed by atoms with Crippen molar-refractivity contribution in [2.45, 2.75) is 10.9 Å². The highest BCUT2D eigenvalue weighted by Crippen LogP contribution is 2.25. The van der Waals surface area contributed by atoms with E-state index in [-0.39, 0.29) is 11.4 Å². The van der Waals surface area contributed by atoms with Gasteiger partial charge in [0.05, 0.1) is 4.90 Å². The van der Waals surface area contributed by atoms with Crippen molar-refractivity contribution >= 4 is 33.6 Å². The zero-order valence-corrected chi connectivity index (χ0v) is 15.8. The second kappa shape index (κ2) is 7.55. The van der Waals surface area contributed by atoms with E-state index in [9.17, 15) is 18.0 Å². The van der Waals surface area contributed by atoms with Crippen molar-refractivity contribution < 1.29 is 22.7 Å². The molecule has 2 N–H and O–H groups in total. The van der Waals surface area contributed by atoms with Crippen LogP contribution >= 0.6 is 11.6 Å². The first-order chi connectivity index (χ1) is 12.8. The van der Waals surface area contributed by atoms with Crippen LogP contribution in [0.4, 0.5) is 4.79 Å². The molecule has 2 aromatic carbocycles. The number of benzene rings is 2. The summed E-state index contributed by atoms with van der Waals surface area (Å²) in [7, 11) is -2.50. The van der Waals surface area contributed by atoms with Crippen molar-refractivity contribution in [3.63, 3.8) is 0 Å². The van der Waals surface area contributed by atoms with Crippen LogP contribution in [0.25, 0.3) is 0 Å². The SMILES string of the molecule is CN(CC1NC(=O)NC1=O)S(=O)(=O)c1ccc(Oc2ccc(Cl)cc2)cc1. The minimum atomic E-state index is -3.83. The number of sulfonamides is 1. The summed E-state index contributed by atoms with van der Waals surface area (Å²) in [5.41, 5.74) is 0. The van der Waals surface area contributed by atoms with Crippen LogP contribution in [0, 0.1) is 0 Å². The third-order valence-electron chi connectivity index (χ3n) is 3.88. The molecule has 3 amide bonds. The number of amides is 3. The van der Waals surface area contributed by atoms with Gasteiger partial charge in [0.1, 0.15) is 17.5 Å². The Labute approximate surface area is 161 Å². The highest BCUT2D eigenvalue weighted by molar-refractivity contribution is 7.89. The van der Waals surface area contributed by atoms with Crippen LogP contribution in [-0.2, 0) is 14.8 Å². The monoisotopic (exact) mass is 409 g/mol. The summed E-state index contributed by atoms with van der Waals surface area (Å²) in [6.07, 6.45) is 0. The molecular weight excluding hydrogens is 394 g/mol. The van der Waals surface area contributed by atoms with Gasteiger partial charge in [-0.25, -0.2) is 13.2 Å². The van der Waals surface area contributed by atoms with Gasteiger partial charge < -0.3 is 10.1 Å². The zero-order chi connectivity index (χ0) is 19.6. The molecule has 0 bridgehead atoms. The third kappa shape index (κ3) is 4.38. The second-order valence-electron chi connectivity index (χ2n) is 5.83. The maximum atomic E-state index is 12.6. The van der Waals surface area contributed by atoms with E-state index in [0.717, 1.165) is 4.31 Å². The van der Waals surface area contributed by atoms with Crippen molar-refractivity contribution in [1.82, 2.24) is 14.9 Å². The van der Waals surface area contributed by atoms with E-state index in [4.69, 9.17) is 16.3 Å². The van der Waals surface area contributed by atoms with Crippen LogP contribution in [0.2, 0.25) is 5.02 Å². The summed E-state index contributed by atoms with van der Waals surface area (Å²) in [5.74, 6) is 0.463. The average Bonchev–Trinajstić information content (AvgIpc) is 2.94. The predicted octanol–water partition coefficient (Wildman–Crippen LogP) is 1.96. The molecule has 0 saturated carbocycles. The van der Waals surface area contributed by atoms with E-state index in [1.165, 1.54) is 31.3 Å². The molecule has 0 aromatic heterocycles. The number of carbonyl (C=O) groups is 2. The number of hydrogen-bond acceptors (Lipinski definition) is 5. The Bertz CT molecular complexity index is 961. The molecule has 1 aliphatic rings. The fourth-order valence-corrected chi connectivity index (χ4v) is 3.75. The van der Waals surface area contributed by atoms with Crippen molar-refractivity contribution in [3.05, 3.63) is 53.6 Å². The van der Waals surface area contributed by atoms with Gasteiger partial charge in [0.15, 0.2) is 0 Å². The lowest BCUT2D eigenvalue weighted by molar-refractivity contribution is -0.120. The summed E-state index contributed by atoms with van der Waals surface area (Å²) in [4.78, 5) is 22.8. The Hall–Kier alpha value is -2.62. The lowest BCUT2D eigenvalue weighted by Crippen LogP contribution is -2.42. The number of ether oxygens (including phenoxy) is 1. The predicted molar refractivity (Wildman–Crippen MR) is 98.2 cm³/mol. The molecule has 8 nitrogen and oxygen atoms in total. The van der Waals surface area contributed by atoms with E-state index < -0.39 is 28.0 Å². The lowest BCUT2D eigenvalue weighted by Gasteiger charge is -2.19. The van der Waals surface area contributed by atoms with Crippen LogP contribution in [-0.4, -0.2) is 44.3 Å². The number of nitrogens with one attached hydrogen (secondary N) is 2. The Morgan fingerprint density at radius 3 is 2.11 bits per heavy atom. The number of rotatable bonds is 6. The number of likely N-dealkylation sites (N-methyl/N-ethyl adjacent to an activating group) is 1. The van der Waals surface area contributed by atoms with E-state index >= 15 is 0 Å². The van der Waals surface area contributed by atoms with Crippen LogP contribution in [0.15, 0.2) is 53.4 Å². The quantitative estimate of drug-likeness (QED) is 0.709. The van der Waals surface area contributed by atoms with E-state index in [1.54, 1.807) is 24.3 Å². The van der Waals surface area contributed by atoms with Crippen LogP contribution < -0.4 is 15.4 Å². The Morgan fingerprint density at radius 1 is 1.04 bits per heavy atom. The standard InChI is InChI=1S/C17H16ClN3O5S/c1-21(10-15-16(22)20-17(23)19-15)27(24,25)14-8-6-13(7-9-14)26-12-4-2-11(18)3-5-12/h2-9,15H,10H2,1H3,(H2,19,20,22,23). The van der Waals surface area contributed by atoms with Crippen molar-refractivity contribution in [3.8, 4) is 11.5 Å². The van der Waals surface area contributed by atoms with Gasteiger partial charge in [-0.05, 0) is 48.5 Å². The maximum absolute atomic E-state index is 12.6. The summed E-state index contributed by atoms with van der Waals surface area (Å²) >= 11 is 5.82. The molecule has 27 heavy (non-hydrogen) atoms. The minimum Gasteiger partial charge on any atom is -0.457 e. The van der Waals surface area contributed by atoms with Crippen LogP contribution in [0.3, 0.4) is 0 Å². The summed E-state index contributed by atoms with van der Waals surface area (Å²) in [5, 5.41) is 5.01. The molecule has 142 valence electrons. The largest absolute Gasteiger partial charge is 0.457 e. The van der Waals surface area contributed by atoms with Crippen molar-refractivity contribution in [1.29, 1.82) is 0 Å². The van der Waals surface area contributed by atoms with Gasteiger partial charge in [0.2, 0.25) is 10.0 Å². The topological polar surface area (TPSA) is 105 Å². The van der Waals surface area contributed by atoms with Crippen molar-refractivity contribution in [2.24, 2.45) is 0 Å². The molecule has 0 spiro atoms. The van der Waals surface area contributed by atoms with Crippen LogP contribution in [0.5, 0.6) is 11.5 Å². The first kappa shape index (κ1) is 19.2. The third-order valence-corrected chi connectivity index (χ3v) is 5.97. The Kier molecular flexibility index (Phi) is 5.36. The highest BCUT2D eigenvalue weighted by atomic mass is 35.5. The number of halogens is 1. The Morgan fingerprint density at radius 2 is 1.59 bits per heavy atom. The van der Waals surface area contributed by atoms with Gasteiger partial charge in [0.25, 0.3) is 5.91 Å². The highest BCUT2D eigenvalue weighted by Gasteiger charge is 2.33. The number of imide groups is 1. The average molecular weight is 410 g/mol. The molecule has 1 fully saturated rings. The number of hydrogen-bond donors (Lipinski definition) is 2.